The number of halogens is 1. The number of thiophene rings is 1. The lowest BCUT2D eigenvalue weighted by Gasteiger charge is -1.95. The smallest absolute Gasteiger partial charge is 0.0666 e. The van der Waals surface area contributed by atoms with Crippen LogP contribution in [0.1, 0.15) is 9.70 Å². The summed E-state index contributed by atoms with van der Waals surface area (Å²) in [6.07, 6.45) is 1.88. The van der Waals surface area contributed by atoms with Gasteiger partial charge in [0.2, 0.25) is 0 Å². The molecule has 0 bridgehead atoms. The van der Waals surface area contributed by atoms with Crippen molar-refractivity contribution in [2.75, 3.05) is 0 Å². The van der Waals surface area contributed by atoms with Crippen LogP contribution in [0.3, 0.4) is 0 Å². The van der Waals surface area contributed by atoms with Crippen LogP contribution in [0.2, 0.25) is 0 Å². The highest BCUT2D eigenvalue weighted by atomic mass is 79.9. The van der Waals surface area contributed by atoms with E-state index in [0.717, 1.165) is 0 Å². The number of alkyl halides is 1. The molecule has 0 spiro atoms. The highest BCUT2D eigenvalue weighted by Crippen LogP contribution is 2.26. The van der Waals surface area contributed by atoms with Crippen LogP contribution in [0.15, 0.2) is 30.2 Å². The van der Waals surface area contributed by atoms with Gasteiger partial charge in [0.1, 0.15) is 0 Å². The fraction of sp³-hybridized carbons (Fsp3) is 0.143. The maximum absolute atomic E-state index is 3.68. The molecular formula is C7H7BrS. The first-order valence-corrected chi connectivity index (χ1v) is 4.44. The summed E-state index contributed by atoms with van der Waals surface area (Å²) < 4.78 is 0. The Morgan fingerprint density at radius 1 is 1.78 bits per heavy atom. The topological polar surface area (TPSA) is 0 Å². The summed E-state index contributed by atoms with van der Waals surface area (Å²) in [6, 6.07) is 4.13. The van der Waals surface area contributed by atoms with Gasteiger partial charge < -0.3 is 0 Å². The van der Waals surface area contributed by atoms with Crippen LogP contribution in [0.5, 0.6) is 0 Å². The molecule has 0 aliphatic heterocycles. The molecule has 0 saturated carbocycles. The van der Waals surface area contributed by atoms with E-state index in [1.54, 1.807) is 11.3 Å². The number of rotatable bonds is 2. The average molecular weight is 203 g/mol. The highest BCUT2D eigenvalue weighted by Gasteiger charge is 2.00. The lowest BCUT2D eigenvalue weighted by molar-refractivity contribution is 1.33. The fourth-order valence-electron chi connectivity index (χ4n) is 0.564. The van der Waals surface area contributed by atoms with Crippen LogP contribution in [0.25, 0.3) is 0 Å². The Balaban J connectivity index is 2.76. The molecule has 1 heterocycles. The minimum Gasteiger partial charge on any atom is -0.147 e. The van der Waals surface area contributed by atoms with E-state index in [9.17, 15) is 0 Å². The van der Waals surface area contributed by atoms with Gasteiger partial charge in [-0.2, -0.15) is 0 Å². The molecule has 1 aromatic heterocycles. The molecule has 0 N–H and O–H groups in total. The maximum Gasteiger partial charge on any atom is 0.0666 e. The Labute approximate surface area is 67.3 Å². The second-order valence-electron chi connectivity index (χ2n) is 1.65. The Morgan fingerprint density at radius 2 is 2.56 bits per heavy atom. The molecule has 1 rings (SSSR count). The molecule has 1 atom stereocenters. The van der Waals surface area contributed by atoms with Crippen molar-refractivity contribution >= 4 is 27.3 Å². The van der Waals surface area contributed by atoms with Gasteiger partial charge in [-0.1, -0.05) is 28.1 Å². The quantitative estimate of drug-likeness (QED) is 0.510. The van der Waals surface area contributed by atoms with Crippen molar-refractivity contribution in [3.63, 3.8) is 0 Å². The lowest BCUT2D eigenvalue weighted by atomic mass is 10.3. The lowest BCUT2D eigenvalue weighted by Crippen LogP contribution is -1.74. The van der Waals surface area contributed by atoms with Gasteiger partial charge in [-0.05, 0) is 11.4 Å². The van der Waals surface area contributed by atoms with E-state index in [4.69, 9.17) is 0 Å². The highest BCUT2D eigenvalue weighted by molar-refractivity contribution is 9.09. The van der Waals surface area contributed by atoms with Crippen molar-refractivity contribution in [3.8, 4) is 0 Å². The van der Waals surface area contributed by atoms with Crippen molar-refractivity contribution in [1.82, 2.24) is 0 Å². The first-order chi connectivity index (χ1) is 4.34. The van der Waals surface area contributed by atoms with Gasteiger partial charge in [0, 0.05) is 4.88 Å². The second-order valence-corrected chi connectivity index (χ2v) is 3.62. The molecule has 2 heteroatoms. The standard InChI is InChI=1S/C7H7BrS/c1-2-6(8)7-4-3-5-9-7/h2-6H,1H2. The molecule has 0 fully saturated rings. The minimum absolute atomic E-state index is 0.331. The van der Waals surface area contributed by atoms with Gasteiger partial charge in [0.05, 0.1) is 4.83 Å². The zero-order chi connectivity index (χ0) is 6.69. The third kappa shape index (κ3) is 1.66. The van der Waals surface area contributed by atoms with Gasteiger partial charge >= 0.3 is 0 Å². The van der Waals surface area contributed by atoms with Gasteiger partial charge in [0.25, 0.3) is 0 Å². The maximum atomic E-state index is 3.68. The Morgan fingerprint density at radius 3 is 3.00 bits per heavy atom. The van der Waals surface area contributed by atoms with Crippen LogP contribution < -0.4 is 0 Å². The van der Waals surface area contributed by atoms with E-state index >= 15 is 0 Å². The SMILES string of the molecule is C=CC(Br)c1cccs1. The third-order valence-corrected chi connectivity index (χ3v) is 3.15. The normalized spacial score (nSPS) is 13.0. The zero-order valence-corrected chi connectivity index (χ0v) is 7.28. The van der Waals surface area contributed by atoms with E-state index in [0.29, 0.717) is 4.83 Å². The molecule has 0 amide bonds. The first-order valence-electron chi connectivity index (χ1n) is 2.64. The summed E-state index contributed by atoms with van der Waals surface area (Å²) in [4.78, 5) is 1.64. The van der Waals surface area contributed by atoms with Crippen LogP contribution in [-0.4, -0.2) is 0 Å². The molecule has 0 saturated heterocycles. The van der Waals surface area contributed by atoms with Crippen molar-refractivity contribution in [1.29, 1.82) is 0 Å². The van der Waals surface area contributed by atoms with E-state index in [1.165, 1.54) is 4.88 Å². The summed E-state index contributed by atoms with van der Waals surface area (Å²) in [5, 5.41) is 2.06. The number of hydrogen-bond donors (Lipinski definition) is 0. The van der Waals surface area contributed by atoms with E-state index in [-0.39, 0.29) is 0 Å². The minimum atomic E-state index is 0.331. The summed E-state index contributed by atoms with van der Waals surface area (Å²) in [6.45, 7) is 3.68. The summed E-state index contributed by atoms with van der Waals surface area (Å²) in [5.41, 5.74) is 0. The van der Waals surface area contributed by atoms with Crippen molar-refractivity contribution in [2.45, 2.75) is 4.83 Å². The van der Waals surface area contributed by atoms with Crippen LogP contribution in [-0.2, 0) is 0 Å². The summed E-state index contributed by atoms with van der Waals surface area (Å²) in [7, 11) is 0. The average Bonchev–Trinajstić information content (AvgIpc) is 2.37. The van der Waals surface area contributed by atoms with Crippen molar-refractivity contribution in [2.24, 2.45) is 0 Å². The number of allylic oxidation sites excluding steroid dienone is 1. The molecule has 0 nitrogen and oxygen atoms in total. The summed E-state index contributed by atoms with van der Waals surface area (Å²) >= 11 is 5.19. The predicted molar refractivity (Wildman–Crippen MR) is 46.2 cm³/mol. The molecule has 0 aromatic carbocycles. The molecule has 48 valence electrons. The van der Waals surface area contributed by atoms with E-state index in [1.807, 2.05) is 12.1 Å². The molecule has 1 unspecified atom stereocenters. The fourth-order valence-corrected chi connectivity index (χ4v) is 1.74. The van der Waals surface area contributed by atoms with E-state index in [2.05, 4.69) is 34.0 Å². The molecule has 9 heavy (non-hydrogen) atoms. The van der Waals surface area contributed by atoms with Crippen LogP contribution in [0, 0.1) is 0 Å². The summed E-state index contributed by atoms with van der Waals surface area (Å²) in [5.74, 6) is 0. The zero-order valence-electron chi connectivity index (χ0n) is 4.88. The Hall–Kier alpha value is -0.0800. The van der Waals surface area contributed by atoms with Gasteiger partial charge in [-0.25, -0.2) is 0 Å². The van der Waals surface area contributed by atoms with E-state index < -0.39 is 0 Å². The van der Waals surface area contributed by atoms with Crippen molar-refractivity contribution < 1.29 is 0 Å². The first kappa shape index (κ1) is 7.03. The molecule has 0 aliphatic carbocycles. The largest absolute Gasteiger partial charge is 0.147 e. The Bertz CT molecular complexity index is 179. The molecule has 0 aliphatic rings. The molecular weight excluding hydrogens is 196 g/mol. The van der Waals surface area contributed by atoms with Crippen LogP contribution in [0.4, 0.5) is 0 Å². The molecule has 1 aromatic rings. The van der Waals surface area contributed by atoms with Gasteiger partial charge in [0.15, 0.2) is 0 Å². The molecule has 0 radical (unpaired) electrons. The second kappa shape index (κ2) is 3.18. The Kier molecular flexibility index (Phi) is 2.49. The third-order valence-electron chi connectivity index (χ3n) is 1.02. The van der Waals surface area contributed by atoms with Crippen LogP contribution >= 0.6 is 27.3 Å². The number of hydrogen-bond acceptors (Lipinski definition) is 1. The van der Waals surface area contributed by atoms with Crippen molar-refractivity contribution in [3.05, 3.63) is 35.0 Å². The predicted octanol–water partition coefficient (Wildman–Crippen LogP) is 3.37. The monoisotopic (exact) mass is 202 g/mol. The van der Waals surface area contributed by atoms with Gasteiger partial charge in [-0.15, -0.1) is 17.9 Å². The van der Waals surface area contributed by atoms with Gasteiger partial charge in [-0.3, -0.25) is 0 Å².